The summed E-state index contributed by atoms with van der Waals surface area (Å²) in [7, 11) is -3.63. The lowest BCUT2D eigenvalue weighted by atomic mass is 10.1. The molecule has 0 atom stereocenters. The molecule has 10 heteroatoms. The van der Waals surface area contributed by atoms with Crippen LogP contribution in [-0.2, 0) is 25.8 Å². The van der Waals surface area contributed by atoms with E-state index in [0.717, 1.165) is 43.3 Å². The Morgan fingerprint density at radius 2 is 1.65 bits per heavy atom. The Balaban J connectivity index is 0.000000717. The molecule has 0 fully saturated rings. The van der Waals surface area contributed by atoms with Crippen molar-refractivity contribution in [1.82, 2.24) is 9.72 Å². The number of carboxylic acid groups (broad SMARTS) is 2. The van der Waals surface area contributed by atoms with E-state index in [1.165, 1.54) is 0 Å². The lowest BCUT2D eigenvalue weighted by Crippen LogP contribution is -2.36. The van der Waals surface area contributed by atoms with Gasteiger partial charge in [-0.15, -0.1) is 0 Å². The number of nitrogens with zero attached hydrogens (tertiary/aromatic N) is 1. The van der Waals surface area contributed by atoms with Crippen LogP contribution in [0, 0.1) is 0 Å². The van der Waals surface area contributed by atoms with Crippen LogP contribution >= 0.6 is 0 Å². The first kappa shape index (κ1) is 29.9. The molecule has 9 nitrogen and oxygen atoms in total. The van der Waals surface area contributed by atoms with Crippen molar-refractivity contribution in [2.24, 2.45) is 0 Å². The summed E-state index contributed by atoms with van der Waals surface area (Å²) in [6.45, 7) is 9.97. The molecular formula is C27H36N2O7S. The Labute approximate surface area is 218 Å². The van der Waals surface area contributed by atoms with Gasteiger partial charge in [0.05, 0.1) is 17.0 Å². The number of rotatable bonds is 10. The summed E-state index contributed by atoms with van der Waals surface area (Å²) in [5, 5.41) is 18.2. The largest absolute Gasteiger partial charge is 0.494 e. The predicted molar refractivity (Wildman–Crippen MR) is 141 cm³/mol. The highest BCUT2D eigenvalue weighted by molar-refractivity contribution is 7.91. The van der Waals surface area contributed by atoms with Crippen molar-refractivity contribution in [3.63, 3.8) is 0 Å². The van der Waals surface area contributed by atoms with Crippen LogP contribution in [0.4, 0.5) is 0 Å². The summed E-state index contributed by atoms with van der Waals surface area (Å²) in [4.78, 5) is 18.9. The van der Waals surface area contributed by atoms with Crippen molar-refractivity contribution in [1.29, 1.82) is 0 Å². The first-order valence-corrected chi connectivity index (χ1v) is 13.6. The fourth-order valence-electron chi connectivity index (χ4n) is 3.57. The minimum absolute atomic E-state index is 0.0925. The number of aliphatic carboxylic acids is 2. The summed E-state index contributed by atoms with van der Waals surface area (Å²) in [6, 6.07) is 12.4. The maximum absolute atomic E-state index is 13.5. The van der Waals surface area contributed by atoms with E-state index in [0.29, 0.717) is 22.1 Å². The van der Waals surface area contributed by atoms with Gasteiger partial charge in [0.15, 0.2) is 0 Å². The van der Waals surface area contributed by atoms with Gasteiger partial charge >= 0.3 is 11.9 Å². The fraction of sp³-hybridized carbons (Fsp3) is 0.407. The normalized spacial score (nSPS) is 11.6. The second kappa shape index (κ2) is 13.3. The number of carboxylic acids is 2. The molecule has 202 valence electrons. The number of ether oxygens (including phenoxy) is 1. The molecule has 0 aliphatic heterocycles. The van der Waals surface area contributed by atoms with Gasteiger partial charge in [-0.05, 0) is 88.5 Å². The Morgan fingerprint density at radius 1 is 1.00 bits per heavy atom. The second-order valence-corrected chi connectivity index (χ2v) is 11.4. The molecule has 0 amide bonds. The van der Waals surface area contributed by atoms with Crippen LogP contribution in [0.2, 0.25) is 0 Å². The van der Waals surface area contributed by atoms with Crippen molar-refractivity contribution >= 4 is 27.3 Å². The first-order valence-electron chi connectivity index (χ1n) is 12.1. The van der Waals surface area contributed by atoms with Gasteiger partial charge in [0.1, 0.15) is 10.6 Å². The number of sulfone groups is 1. The molecule has 3 aromatic rings. The van der Waals surface area contributed by atoms with E-state index < -0.39 is 21.8 Å². The molecule has 0 saturated heterocycles. The highest BCUT2D eigenvalue weighted by Gasteiger charge is 2.25. The molecule has 37 heavy (non-hydrogen) atoms. The quantitative estimate of drug-likeness (QED) is 0.258. The monoisotopic (exact) mass is 532 g/mol. The van der Waals surface area contributed by atoms with Crippen LogP contribution in [0.1, 0.15) is 52.5 Å². The summed E-state index contributed by atoms with van der Waals surface area (Å²) >= 11 is 0. The first-order chi connectivity index (χ1) is 17.4. The maximum atomic E-state index is 13.5. The molecule has 1 aromatic carbocycles. The van der Waals surface area contributed by atoms with Crippen LogP contribution in [0.5, 0.6) is 5.75 Å². The van der Waals surface area contributed by atoms with Crippen LogP contribution < -0.4 is 10.1 Å². The van der Waals surface area contributed by atoms with Crippen molar-refractivity contribution in [2.75, 3.05) is 13.2 Å². The molecule has 2 aromatic heterocycles. The summed E-state index contributed by atoms with van der Waals surface area (Å²) in [6.07, 6.45) is 7.45. The van der Waals surface area contributed by atoms with Gasteiger partial charge in [-0.2, -0.15) is 0 Å². The topological polar surface area (TPSA) is 134 Å². The molecule has 0 bridgehead atoms. The zero-order chi connectivity index (χ0) is 27.6. The maximum Gasteiger partial charge on any atom is 0.414 e. The second-order valence-electron chi connectivity index (χ2n) is 9.54. The van der Waals surface area contributed by atoms with E-state index in [1.54, 1.807) is 24.3 Å². The molecular weight excluding hydrogens is 496 g/mol. The Bertz CT molecular complexity index is 1280. The highest BCUT2D eigenvalue weighted by Crippen LogP contribution is 2.31. The summed E-state index contributed by atoms with van der Waals surface area (Å²) < 4.78 is 34.8. The minimum Gasteiger partial charge on any atom is -0.494 e. The number of fused-ring (bicyclic) bond motifs is 1. The SMILES string of the molecule is CCCCc1cn2ccccc2c1S(=O)(=O)c1ccc(OCCCNC(C)(C)C)cc1.O=C(O)C(=O)O. The van der Waals surface area contributed by atoms with E-state index in [2.05, 4.69) is 33.0 Å². The molecule has 0 radical (unpaired) electrons. The molecule has 3 rings (SSSR count). The van der Waals surface area contributed by atoms with Crippen LogP contribution in [0.25, 0.3) is 5.52 Å². The number of pyridine rings is 1. The number of nitrogens with one attached hydrogen (secondary N) is 1. The van der Waals surface area contributed by atoms with Crippen LogP contribution in [-0.4, -0.2) is 53.7 Å². The van der Waals surface area contributed by atoms with Crippen LogP contribution in [0.15, 0.2) is 64.6 Å². The van der Waals surface area contributed by atoms with Gasteiger partial charge in [-0.1, -0.05) is 19.4 Å². The van der Waals surface area contributed by atoms with Gasteiger partial charge in [-0.25, -0.2) is 18.0 Å². The van der Waals surface area contributed by atoms with Gasteiger partial charge in [0.2, 0.25) is 9.84 Å². The van der Waals surface area contributed by atoms with E-state index in [1.807, 2.05) is 35.0 Å². The third kappa shape index (κ3) is 8.91. The Hall–Kier alpha value is -3.37. The number of hydrogen-bond donors (Lipinski definition) is 3. The molecule has 0 spiro atoms. The van der Waals surface area contributed by atoms with Crippen molar-refractivity contribution in [2.45, 2.75) is 68.7 Å². The minimum atomic E-state index is -3.63. The molecule has 0 aliphatic carbocycles. The zero-order valence-electron chi connectivity index (χ0n) is 21.7. The Kier molecular flexibility index (Phi) is 10.7. The lowest BCUT2D eigenvalue weighted by Gasteiger charge is -2.20. The van der Waals surface area contributed by atoms with E-state index in [9.17, 15) is 8.42 Å². The number of unbranched alkanes of at least 4 members (excludes halogenated alkanes) is 1. The average molecular weight is 533 g/mol. The molecule has 0 aliphatic rings. The number of hydrogen-bond acceptors (Lipinski definition) is 6. The van der Waals surface area contributed by atoms with Crippen molar-refractivity contribution < 1.29 is 33.0 Å². The highest BCUT2D eigenvalue weighted by atomic mass is 32.2. The van der Waals surface area contributed by atoms with Crippen LogP contribution in [0.3, 0.4) is 0 Å². The number of benzene rings is 1. The summed E-state index contributed by atoms with van der Waals surface area (Å²) in [5.74, 6) is -2.97. The molecule has 2 heterocycles. The third-order valence-electron chi connectivity index (χ3n) is 5.34. The third-order valence-corrected chi connectivity index (χ3v) is 7.24. The molecule has 0 unspecified atom stereocenters. The standard InChI is InChI=1S/C25H34N2O3S.C2H2O4/c1-5-6-10-20-19-27-17-8-7-11-23(27)24(20)31(28,29)22-14-12-21(13-15-22)30-18-9-16-26-25(2,3)4;3-1(4)2(5)6/h7-8,11-15,17,19,26H,5-6,9-10,16,18H2,1-4H3;(H,3,4)(H,5,6). The van der Waals surface area contributed by atoms with Gasteiger partial charge in [0, 0.05) is 17.9 Å². The molecule has 0 saturated carbocycles. The summed E-state index contributed by atoms with van der Waals surface area (Å²) in [5.41, 5.74) is 1.69. The Morgan fingerprint density at radius 3 is 2.22 bits per heavy atom. The van der Waals surface area contributed by atoms with E-state index in [4.69, 9.17) is 24.5 Å². The van der Waals surface area contributed by atoms with E-state index >= 15 is 0 Å². The smallest absolute Gasteiger partial charge is 0.414 e. The number of carbonyl (C=O) groups is 2. The fourth-order valence-corrected chi connectivity index (χ4v) is 5.24. The number of aryl methyl sites for hydroxylation is 1. The predicted octanol–water partition coefficient (Wildman–Crippen LogP) is 4.43. The van der Waals surface area contributed by atoms with E-state index in [-0.39, 0.29) is 5.54 Å². The van der Waals surface area contributed by atoms with Crippen molar-refractivity contribution in [3.05, 3.63) is 60.4 Å². The van der Waals surface area contributed by atoms with Gasteiger partial charge < -0.3 is 24.7 Å². The van der Waals surface area contributed by atoms with Gasteiger partial charge in [-0.3, -0.25) is 0 Å². The number of aromatic nitrogens is 1. The average Bonchev–Trinajstić information content (AvgIpc) is 3.21. The lowest BCUT2D eigenvalue weighted by molar-refractivity contribution is -0.159. The van der Waals surface area contributed by atoms with Crippen molar-refractivity contribution in [3.8, 4) is 5.75 Å². The zero-order valence-corrected chi connectivity index (χ0v) is 22.5. The molecule has 3 N–H and O–H groups in total. The van der Waals surface area contributed by atoms with Gasteiger partial charge in [0.25, 0.3) is 0 Å².